The summed E-state index contributed by atoms with van der Waals surface area (Å²) in [6.45, 7) is 0. The SMILES string of the molecule is O=C(O)C1=C(Nc2ccc(F)cc2)CC(C(=O)O)=C(Nc2ccc(F)cc2)C1. The van der Waals surface area contributed by atoms with Gasteiger partial charge in [0.15, 0.2) is 0 Å². The van der Waals surface area contributed by atoms with E-state index in [4.69, 9.17) is 0 Å². The highest BCUT2D eigenvalue weighted by Crippen LogP contribution is 2.32. The maximum Gasteiger partial charge on any atom is 0.333 e. The fourth-order valence-corrected chi connectivity index (χ4v) is 2.84. The van der Waals surface area contributed by atoms with Gasteiger partial charge in [-0.2, -0.15) is 0 Å². The van der Waals surface area contributed by atoms with Crippen LogP contribution in [0.15, 0.2) is 71.1 Å². The van der Waals surface area contributed by atoms with E-state index in [0.717, 1.165) is 0 Å². The molecule has 1 aliphatic rings. The third-order valence-electron chi connectivity index (χ3n) is 4.23. The molecule has 0 unspecified atom stereocenters. The van der Waals surface area contributed by atoms with Gasteiger partial charge < -0.3 is 20.8 Å². The standard InChI is InChI=1S/C20H16F2N2O4/c21-11-1-5-13(6-2-11)23-17-9-16(20(27)28)18(10-15(17)19(25)26)24-14-7-3-12(22)4-8-14/h1-8,23-24H,9-10H2,(H,25,26)(H,27,28). The zero-order chi connectivity index (χ0) is 20.3. The lowest BCUT2D eigenvalue weighted by Crippen LogP contribution is -2.23. The molecule has 0 radical (unpaired) electrons. The van der Waals surface area contributed by atoms with Crippen LogP contribution < -0.4 is 10.6 Å². The number of allylic oxidation sites excluding steroid dienone is 2. The molecule has 2 aromatic carbocycles. The van der Waals surface area contributed by atoms with Crippen molar-refractivity contribution in [3.63, 3.8) is 0 Å². The average Bonchev–Trinajstić information content (AvgIpc) is 2.66. The summed E-state index contributed by atoms with van der Waals surface area (Å²) < 4.78 is 26.1. The maximum atomic E-state index is 13.1. The van der Waals surface area contributed by atoms with Gasteiger partial charge in [0.1, 0.15) is 11.6 Å². The molecule has 0 atom stereocenters. The van der Waals surface area contributed by atoms with Crippen LogP contribution in [0, 0.1) is 11.6 Å². The highest BCUT2D eigenvalue weighted by molar-refractivity contribution is 5.95. The summed E-state index contributed by atoms with van der Waals surface area (Å²) in [6.07, 6.45) is -0.338. The van der Waals surface area contributed by atoms with Gasteiger partial charge in [-0.05, 0) is 48.5 Å². The first-order valence-electron chi connectivity index (χ1n) is 8.29. The smallest absolute Gasteiger partial charge is 0.333 e. The van der Waals surface area contributed by atoms with Crippen molar-refractivity contribution in [3.8, 4) is 0 Å². The van der Waals surface area contributed by atoms with Gasteiger partial charge in [0.25, 0.3) is 0 Å². The molecule has 144 valence electrons. The Morgan fingerprint density at radius 2 is 1.00 bits per heavy atom. The van der Waals surface area contributed by atoms with E-state index in [-0.39, 0.29) is 35.4 Å². The van der Waals surface area contributed by atoms with Gasteiger partial charge in [0.2, 0.25) is 0 Å². The minimum atomic E-state index is -1.20. The Balaban J connectivity index is 1.91. The molecule has 0 bridgehead atoms. The van der Waals surface area contributed by atoms with Crippen LogP contribution in [0.3, 0.4) is 0 Å². The molecule has 0 aliphatic heterocycles. The number of hydrogen-bond donors (Lipinski definition) is 4. The van der Waals surface area contributed by atoms with E-state index < -0.39 is 23.6 Å². The molecule has 6 nitrogen and oxygen atoms in total. The van der Waals surface area contributed by atoms with Gasteiger partial charge in [0.05, 0.1) is 11.1 Å². The second kappa shape index (κ2) is 7.91. The van der Waals surface area contributed by atoms with E-state index in [0.29, 0.717) is 11.4 Å². The summed E-state index contributed by atoms with van der Waals surface area (Å²) in [6, 6.07) is 10.6. The van der Waals surface area contributed by atoms with Crippen LogP contribution >= 0.6 is 0 Å². The van der Waals surface area contributed by atoms with Crippen LogP contribution in [0.1, 0.15) is 12.8 Å². The van der Waals surface area contributed by atoms with Crippen molar-refractivity contribution >= 4 is 23.3 Å². The minimum Gasteiger partial charge on any atom is -0.478 e. The van der Waals surface area contributed by atoms with E-state index >= 15 is 0 Å². The molecule has 28 heavy (non-hydrogen) atoms. The van der Waals surface area contributed by atoms with E-state index in [9.17, 15) is 28.6 Å². The van der Waals surface area contributed by atoms with Gasteiger partial charge in [0, 0.05) is 35.6 Å². The summed E-state index contributed by atoms with van der Waals surface area (Å²) in [5, 5.41) is 24.9. The van der Waals surface area contributed by atoms with E-state index in [1.54, 1.807) is 0 Å². The molecule has 0 amide bonds. The van der Waals surface area contributed by atoms with Crippen LogP contribution in [0.25, 0.3) is 0 Å². The molecule has 0 heterocycles. The van der Waals surface area contributed by atoms with E-state index in [1.807, 2.05) is 0 Å². The molecular weight excluding hydrogens is 370 g/mol. The van der Waals surface area contributed by atoms with Crippen molar-refractivity contribution in [1.29, 1.82) is 0 Å². The molecule has 2 aromatic rings. The Morgan fingerprint density at radius 1 is 0.679 bits per heavy atom. The van der Waals surface area contributed by atoms with E-state index in [2.05, 4.69) is 10.6 Å². The fraction of sp³-hybridized carbons (Fsp3) is 0.100. The number of rotatable bonds is 6. The molecule has 3 rings (SSSR count). The summed E-state index contributed by atoms with van der Waals surface area (Å²) in [7, 11) is 0. The molecule has 0 saturated heterocycles. The van der Waals surface area contributed by atoms with Crippen molar-refractivity contribution in [2.24, 2.45) is 0 Å². The highest BCUT2D eigenvalue weighted by atomic mass is 19.1. The van der Waals surface area contributed by atoms with E-state index in [1.165, 1.54) is 48.5 Å². The highest BCUT2D eigenvalue weighted by Gasteiger charge is 2.28. The summed E-state index contributed by atoms with van der Waals surface area (Å²) in [5.74, 6) is -3.29. The normalized spacial score (nSPS) is 14.1. The van der Waals surface area contributed by atoms with Crippen molar-refractivity contribution < 1.29 is 28.6 Å². The number of hydrogen-bond acceptors (Lipinski definition) is 4. The van der Waals surface area contributed by atoms with Gasteiger partial charge >= 0.3 is 11.9 Å². The molecule has 4 N–H and O–H groups in total. The largest absolute Gasteiger partial charge is 0.478 e. The first kappa shape index (κ1) is 19.1. The Labute approximate surface area is 158 Å². The second-order valence-corrected chi connectivity index (χ2v) is 6.14. The first-order chi connectivity index (χ1) is 13.3. The lowest BCUT2D eigenvalue weighted by molar-refractivity contribution is -0.134. The molecular formula is C20H16F2N2O4. The van der Waals surface area contributed by atoms with Crippen molar-refractivity contribution in [2.75, 3.05) is 10.6 Å². The third-order valence-corrected chi connectivity index (χ3v) is 4.23. The van der Waals surface area contributed by atoms with Crippen LogP contribution in [-0.4, -0.2) is 22.2 Å². The topological polar surface area (TPSA) is 98.7 Å². The fourth-order valence-electron chi connectivity index (χ4n) is 2.84. The second-order valence-electron chi connectivity index (χ2n) is 6.14. The van der Waals surface area contributed by atoms with Gasteiger partial charge in [-0.25, -0.2) is 18.4 Å². The van der Waals surface area contributed by atoms with Crippen molar-refractivity contribution in [2.45, 2.75) is 12.8 Å². The van der Waals surface area contributed by atoms with Gasteiger partial charge in [-0.3, -0.25) is 0 Å². The minimum absolute atomic E-state index is 0.0149. The Morgan fingerprint density at radius 3 is 1.29 bits per heavy atom. The van der Waals surface area contributed by atoms with Crippen molar-refractivity contribution in [1.82, 2.24) is 0 Å². The number of carboxylic acid groups (broad SMARTS) is 2. The first-order valence-corrected chi connectivity index (χ1v) is 8.29. The maximum absolute atomic E-state index is 13.1. The van der Waals surface area contributed by atoms with Crippen LogP contribution in [-0.2, 0) is 9.59 Å². The number of benzene rings is 2. The quantitative estimate of drug-likeness (QED) is 0.600. The Kier molecular flexibility index (Phi) is 5.39. The monoisotopic (exact) mass is 386 g/mol. The molecule has 0 spiro atoms. The molecule has 0 fully saturated rings. The summed E-state index contributed by atoms with van der Waals surface area (Å²) in [4.78, 5) is 23.4. The number of nitrogens with one attached hydrogen (secondary N) is 2. The van der Waals surface area contributed by atoms with Gasteiger partial charge in [-0.1, -0.05) is 0 Å². The number of carbonyl (C=O) groups is 2. The molecule has 0 saturated carbocycles. The third kappa shape index (κ3) is 4.35. The summed E-state index contributed by atoms with van der Waals surface area (Å²) in [5.41, 5.74) is 1.27. The van der Waals surface area contributed by atoms with Crippen LogP contribution in [0.5, 0.6) is 0 Å². The number of anilines is 2. The molecule has 8 heteroatoms. The van der Waals surface area contributed by atoms with Gasteiger partial charge in [-0.15, -0.1) is 0 Å². The lowest BCUT2D eigenvalue weighted by atomic mass is 9.92. The molecule has 1 aliphatic carbocycles. The predicted octanol–water partition coefficient (Wildman–Crippen LogP) is 3.96. The predicted molar refractivity (Wildman–Crippen MR) is 98.6 cm³/mol. The zero-order valence-electron chi connectivity index (χ0n) is 14.5. The molecule has 0 aromatic heterocycles. The van der Waals surface area contributed by atoms with Crippen LogP contribution in [0.2, 0.25) is 0 Å². The Hall–Kier alpha value is -3.68. The average molecular weight is 386 g/mol. The number of aliphatic carboxylic acids is 2. The number of halogens is 2. The number of carboxylic acids is 2. The van der Waals surface area contributed by atoms with Crippen molar-refractivity contribution in [3.05, 3.63) is 82.7 Å². The summed E-state index contributed by atoms with van der Waals surface area (Å²) >= 11 is 0. The Bertz CT molecular complexity index is 899. The van der Waals surface area contributed by atoms with Crippen LogP contribution in [0.4, 0.5) is 20.2 Å². The zero-order valence-corrected chi connectivity index (χ0v) is 14.5. The lowest BCUT2D eigenvalue weighted by Gasteiger charge is -2.24.